The Hall–Kier alpha value is -3.26. The van der Waals surface area contributed by atoms with Crippen molar-refractivity contribution in [1.29, 1.82) is 0 Å². The summed E-state index contributed by atoms with van der Waals surface area (Å²) < 4.78 is 70.4. The number of benzene rings is 3. The maximum Gasteiger partial charge on any atom is 0.416 e. The van der Waals surface area contributed by atoms with Gasteiger partial charge in [0.15, 0.2) is 0 Å². The molecule has 0 radical (unpaired) electrons. The summed E-state index contributed by atoms with van der Waals surface area (Å²) in [6, 6.07) is 15.4. The van der Waals surface area contributed by atoms with Gasteiger partial charge in [0.1, 0.15) is 0 Å². The molecule has 0 fully saturated rings. The number of hydrogen-bond acceptors (Lipinski definition) is 3. The van der Waals surface area contributed by atoms with E-state index in [-0.39, 0.29) is 22.3 Å². The first-order valence-corrected chi connectivity index (χ1v) is 12.9. The normalized spacial score (nSPS) is 21.2. The highest BCUT2D eigenvalue weighted by Gasteiger charge is 2.42. The largest absolute Gasteiger partial charge is 0.416 e. The number of hydrogen-bond donors (Lipinski definition) is 2. The lowest BCUT2D eigenvalue weighted by atomic mass is 9.76. The van der Waals surface area contributed by atoms with Gasteiger partial charge in [0.2, 0.25) is 0 Å². The van der Waals surface area contributed by atoms with Crippen LogP contribution in [0.25, 0.3) is 0 Å². The maximum absolute atomic E-state index is 13.7. The average molecular weight is 499 g/mol. The first-order valence-electron chi connectivity index (χ1n) is 11.4. The van der Waals surface area contributed by atoms with Gasteiger partial charge in [-0.3, -0.25) is 4.72 Å². The second-order valence-electron chi connectivity index (χ2n) is 9.18. The standard InChI is InChI=1S/C27H25F3N2O2S/c1-16-7-5-8-17(2)25(16)32-35(33,34)18-13-14-24-22(15-18)19-10-6-11-20(19)26(31-24)21-9-3-4-12-23(21)27(28,29)30/h3-10,12-15,19-20,26,31-32H,11H2,1-2H3/t19-,20-,26-/m1/s1. The van der Waals surface area contributed by atoms with E-state index in [9.17, 15) is 21.6 Å². The van der Waals surface area contributed by atoms with Crippen molar-refractivity contribution < 1.29 is 21.6 Å². The van der Waals surface area contributed by atoms with Crippen LogP contribution in [-0.4, -0.2) is 8.42 Å². The van der Waals surface area contributed by atoms with E-state index in [0.717, 1.165) is 22.8 Å². The third-order valence-electron chi connectivity index (χ3n) is 6.96. The van der Waals surface area contributed by atoms with E-state index in [1.54, 1.807) is 18.2 Å². The van der Waals surface area contributed by atoms with Gasteiger partial charge in [-0.15, -0.1) is 0 Å². The molecule has 8 heteroatoms. The van der Waals surface area contributed by atoms with Gasteiger partial charge in [0.25, 0.3) is 10.0 Å². The quantitative estimate of drug-likeness (QED) is 0.383. The Morgan fingerprint density at radius 2 is 1.66 bits per heavy atom. The summed E-state index contributed by atoms with van der Waals surface area (Å²) >= 11 is 0. The summed E-state index contributed by atoms with van der Waals surface area (Å²) in [7, 11) is -3.86. The Balaban J connectivity index is 1.53. The maximum atomic E-state index is 13.7. The summed E-state index contributed by atoms with van der Waals surface area (Å²) in [5.41, 5.74) is 3.16. The zero-order valence-electron chi connectivity index (χ0n) is 19.2. The predicted molar refractivity (Wildman–Crippen MR) is 131 cm³/mol. The molecule has 1 aliphatic carbocycles. The third-order valence-corrected chi connectivity index (χ3v) is 8.31. The van der Waals surface area contributed by atoms with E-state index in [2.05, 4.69) is 10.0 Å². The molecule has 0 saturated carbocycles. The monoisotopic (exact) mass is 498 g/mol. The zero-order chi connectivity index (χ0) is 25.0. The van der Waals surface area contributed by atoms with Crippen molar-refractivity contribution in [3.8, 4) is 0 Å². The molecule has 0 unspecified atom stereocenters. The lowest BCUT2D eigenvalue weighted by Crippen LogP contribution is -2.31. The third kappa shape index (κ3) is 4.20. The minimum absolute atomic E-state index is 0.119. The fourth-order valence-corrected chi connectivity index (χ4v) is 6.48. The Morgan fingerprint density at radius 3 is 2.37 bits per heavy atom. The first kappa shape index (κ1) is 23.5. The molecule has 3 aromatic carbocycles. The highest BCUT2D eigenvalue weighted by atomic mass is 32.2. The summed E-state index contributed by atoms with van der Waals surface area (Å²) in [6.07, 6.45) is 0.0806. The highest BCUT2D eigenvalue weighted by molar-refractivity contribution is 7.92. The molecule has 2 N–H and O–H groups in total. The number of para-hydroxylation sites is 1. The molecule has 1 heterocycles. The van der Waals surface area contributed by atoms with E-state index >= 15 is 0 Å². The summed E-state index contributed by atoms with van der Waals surface area (Å²) in [5, 5.41) is 3.29. The molecule has 4 nitrogen and oxygen atoms in total. The van der Waals surface area contributed by atoms with Gasteiger partial charge >= 0.3 is 6.18 Å². The van der Waals surface area contributed by atoms with Crippen LogP contribution in [0.2, 0.25) is 0 Å². The van der Waals surface area contributed by atoms with Crippen LogP contribution < -0.4 is 10.0 Å². The SMILES string of the molecule is Cc1cccc(C)c1NS(=O)(=O)c1ccc2c(c1)[C@@H]1C=CC[C@H]1[C@H](c1ccccc1C(F)(F)F)N2. The number of alkyl halides is 3. The van der Waals surface area contributed by atoms with Crippen molar-refractivity contribution in [1.82, 2.24) is 0 Å². The Labute approximate surface area is 202 Å². The van der Waals surface area contributed by atoms with E-state index in [0.29, 0.717) is 17.8 Å². The Morgan fingerprint density at radius 1 is 0.943 bits per heavy atom. The molecule has 0 spiro atoms. The zero-order valence-corrected chi connectivity index (χ0v) is 20.0. The van der Waals surface area contributed by atoms with Crippen LogP contribution in [0.5, 0.6) is 0 Å². The summed E-state index contributed by atoms with van der Waals surface area (Å²) in [5.74, 6) is -0.344. The molecular formula is C27H25F3N2O2S. The minimum Gasteiger partial charge on any atom is -0.378 e. The number of nitrogens with one attached hydrogen (secondary N) is 2. The van der Waals surface area contributed by atoms with Gasteiger partial charge in [-0.05, 0) is 72.7 Å². The average Bonchev–Trinajstić information content (AvgIpc) is 3.30. The molecular weight excluding hydrogens is 473 g/mol. The molecule has 5 rings (SSSR count). The molecule has 182 valence electrons. The number of sulfonamides is 1. The number of fused-ring (bicyclic) bond motifs is 3. The highest BCUT2D eigenvalue weighted by Crippen LogP contribution is 2.51. The molecule has 2 aliphatic rings. The van der Waals surface area contributed by atoms with Crippen LogP contribution >= 0.6 is 0 Å². The molecule has 0 amide bonds. The summed E-state index contributed by atoms with van der Waals surface area (Å²) in [4.78, 5) is 0.119. The van der Waals surface area contributed by atoms with E-state index in [4.69, 9.17) is 0 Å². The van der Waals surface area contributed by atoms with Crippen molar-refractivity contribution >= 4 is 21.4 Å². The van der Waals surface area contributed by atoms with Gasteiger partial charge in [-0.25, -0.2) is 8.42 Å². The molecule has 3 aromatic rings. The van der Waals surface area contributed by atoms with Crippen molar-refractivity contribution in [2.75, 3.05) is 10.0 Å². The van der Waals surface area contributed by atoms with Crippen molar-refractivity contribution in [2.24, 2.45) is 5.92 Å². The van der Waals surface area contributed by atoms with Crippen LogP contribution in [0.15, 0.2) is 77.7 Å². The molecule has 1 aliphatic heterocycles. The first-order chi connectivity index (χ1) is 16.6. The van der Waals surface area contributed by atoms with Crippen LogP contribution in [0.4, 0.5) is 24.5 Å². The number of allylic oxidation sites excluding steroid dienone is 2. The molecule has 0 saturated heterocycles. The van der Waals surface area contributed by atoms with E-state index < -0.39 is 27.8 Å². The number of halogens is 3. The summed E-state index contributed by atoms with van der Waals surface area (Å²) in [6.45, 7) is 3.68. The molecule has 35 heavy (non-hydrogen) atoms. The predicted octanol–water partition coefficient (Wildman–Crippen LogP) is 6.95. The second-order valence-corrected chi connectivity index (χ2v) is 10.9. The van der Waals surface area contributed by atoms with Gasteiger partial charge in [0, 0.05) is 11.6 Å². The van der Waals surface area contributed by atoms with Gasteiger partial charge < -0.3 is 5.32 Å². The Kier molecular flexibility index (Phi) is 5.67. The second kappa shape index (κ2) is 8.45. The van der Waals surface area contributed by atoms with Crippen LogP contribution in [0.1, 0.15) is 46.2 Å². The minimum atomic E-state index is -4.46. The number of aryl methyl sites for hydroxylation is 2. The van der Waals surface area contributed by atoms with Crippen molar-refractivity contribution in [3.63, 3.8) is 0 Å². The number of rotatable bonds is 4. The number of anilines is 2. The van der Waals surface area contributed by atoms with Crippen molar-refractivity contribution in [3.05, 3.63) is 101 Å². The van der Waals surface area contributed by atoms with Gasteiger partial charge in [-0.2, -0.15) is 13.2 Å². The van der Waals surface area contributed by atoms with E-state index in [1.165, 1.54) is 18.2 Å². The smallest absolute Gasteiger partial charge is 0.378 e. The van der Waals surface area contributed by atoms with Gasteiger partial charge in [0.05, 0.1) is 22.2 Å². The van der Waals surface area contributed by atoms with Gasteiger partial charge in [-0.1, -0.05) is 48.6 Å². The Bertz CT molecular complexity index is 1410. The fourth-order valence-electron chi connectivity index (χ4n) is 5.24. The topological polar surface area (TPSA) is 58.2 Å². The van der Waals surface area contributed by atoms with E-state index in [1.807, 2.05) is 44.2 Å². The fraction of sp³-hybridized carbons (Fsp3) is 0.259. The molecule has 0 aromatic heterocycles. The lowest BCUT2D eigenvalue weighted by molar-refractivity contribution is -0.138. The molecule has 0 bridgehead atoms. The molecule has 3 atom stereocenters. The van der Waals surface area contributed by atoms with Crippen LogP contribution in [0, 0.1) is 19.8 Å². The lowest BCUT2D eigenvalue weighted by Gasteiger charge is -2.38. The van der Waals surface area contributed by atoms with Crippen molar-refractivity contribution in [2.45, 2.75) is 43.3 Å². The van der Waals surface area contributed by atoms with Crippen LogP contribution in [0.3, 0.4) is 0 Å². The van der Waals surface area contributed by atoms with Crippen LogP contribution in [-0.2, 0) is 16.2 Å².